The first-order valence-corrected chi connectivity index (χ1v) is 7.70. The summed E-state index contributed by atoms with van der Waals surface area (Å²) in [5, 5.41) is 5.16. The lowest BCUT2D eigenvalue weighted by molar-refractivity contribution is -0.123. The number of hydrogen-bond acceptors (Lipinski definition) is 5. The zero-order valence-corrected chi connectivity index (χ0v) is 13.3. The lowest BCUT2D eigenvalue weighted by Crippen LogP contribution is -2.36. The van der Waals surface area contributed by atoms with E-state index < -0.39 is 0 Å². The third-order valence-electron chi connectivity index (χ3n) is 3.49. The van der Waals surface area contributed by atoms with Crippen LogP contribution < -0.4 is 21.1 Å². The second-order valence-corrected chi connectivity index (χ2v) is 5.47. The van der Waals surface area contributed by atoms with Gasteiger partial charge in [-0.15, -0.1) is 0 Å². The Labute approximate surface area is 135 Å². The number of carbonyl (C=O) groups excluding carboxylic acids is 2. The van der Waals surface area contributed by atoms with Gasteiger partial charge in [0.2, 0.25) is 11.8 Å². The van der Waals surface area contributed by atoms with Gasteiger partial charge in [0.25, 0.3) is 0 Å². The minimum atomic E-state index is -0.376. The highest BCUT2D eigenvalue weighted by atomic mass is 16.5. The van der Waals surface area contributed by atoms with Crippen molar-refractivity contribution in [1.29, 1.82) is 0 Å². The van der Waals surface area contributed by atoms with E-state index in [9.17, 15) is 9.59 Å². The number of anilines is 1. The van der Waals surface area contributed by atoms with E-state index in [1.165, 1.54) is 0 Å². The van der Waals surface area contributed by atoms with Gasteiger partial charge in [-0.05, 0) is 37.5 Å². The van der Waals surface area contributed by atoms with Crippen LogP contribution in [-0.4, -0.2) is 44.2 Å². The van der Waals surface area contributed by atoms with Crippen LogP contribution in [-0.2, 0) is 14.3 Å². The summed E-state index contributed by atoms with van der Waals surface area (Å²) in [6.45, 7) is 2.90. The summed E-state index contributed by atoms with van der Waals surface area (Å²) in [5.41, 5.74) is 6.77. The quantitative estimate of drug-likeness (QED) is 0.681. The van der Waals surface area contributed by atoms with E-state index in [1.807, 2.05) is 19.1 Å². The average Bonchev–Trinajstić information content (AvgIpc) is 3.06. The van der Waals surface area contributed by atoms with E-state index in [4.69, 9.17) is 15.2 Å². The molecule has 0 radical (unpaired) electrons. The van der Waals surface area contributed by atoms with Gasteiger partial charge in [0.1, 0.15) is 12.4 Å². The SMILES string of the molecule is Cc1ccc(NC(=O)CNC(=O)CN)c(OCC2CCCO2)c1. The molecule has 1 aliphatic heterocycles. The van der Waals surface area contributed by atoms with E-state index >= 15 is 0 Å². The van der Waals surface area contributed by atoms with Gasteiger partial charge in [-0.3, -0.25) is 9.59 Å². The van der Waals surface area contributed by atoms with Crippen molar-refractivity contribution < 1.29 is 19.1 Å². The zero-order chi connectivity index (χ0) is 16.7. The van der Waals surface area contributed by atoms with Gasteiger partial charge in [0.15, 0.2) is 0 Å². The van der Waals surface area contributed by atoms with Crippen molar-refractivity contribution in [1.82, 2.24) is 5.32 Å². The van der Waals surface area contributed by atoms with Crippen LogP contribution in [0.1, 0.15) is 18.4 Å². The number of benzene rings is 1. The Morgan fingerprint density at radius 1 is 1.39 bits per heavy atom. The van der Waals surface area contributed by atoms with Crippen LogP contribution in [0.5, 0.6) is 5.75 Å². The van der Waals surface area contributed by atoms with E-state index in [0.29, 0.717) is 18.0 Å². The van der Waals surface area contributed by atoms with Crippen molar-refractivity contribution in [3.05, 3.63) is 23.8 Å². The molecule has 2 rings (SSSR count). The Kier molecular flexibility index (Phi) is 6.37. The van der Waals surface area contributed by atoms with Crippen LogP contribution in [0.25, 0.3) is 0 Å². The molecule has 7 nitrogen and oxygen atoms in total. The van der Waals surface area contributed by atoms with Crippen LogP contribution in [0.15, 0.2) is 18.2 Å². The molecule has 0 aromatic heterocycles. The van der Waals surface area contributed by atoms with E-state index in [2.05, 4.69) is 10.6 Å². The molecule has 1 aromatic rings. The molecule has 2 amide bonds. The molecule has 126 valence electrons. The van der Waals surface area contributed by atoms with Crippen molar-refractivity contribution in [2.24, 2.45) is 5.73 Å². The first-order chi connectivity index (χ1) is 11.1. The van der Waals surface area contributed by atoms with Crippen LogP contribution in [0, 0.1) is 6.92 Å². The number of hydrogen-bond donors (Lipinski definition) is 3. The third-order valence-corrected chi connectivity index (χ3v) is 3.49. The molecule has 0 aliphatic carbocycles. The van der Waals surface area contributed by atoms with Gasteiger partial charge in [0.05, 0.1) is 24.9 Å². The van der Waals surface area contributed by atoms with E-state index in [-0.39, 0.29) is 31.0 Å². The van der Waals surface area contributed by atoms with E-state index in [0.717, 1.165) is 25.0 Å². The number of amides is 2. The lowest BCUT2D eigenvalue weighted by Gasteiger charge is -2.16. The molecular formula is C16H23N3O4. The standard InChI is InChI=1S/C16H23N3O4/c1-11-4-5-13(19-16(21)9-18-15(20)8-17)14(7-11)23-10-12-3-2-6-22-12/h4-5,7,12H,2-3,6,8-10,17H2,1H3,(H,18,20)(H,19,21). The van der Waals surface area contributed by atoms with Gasteiger partial charge >= 0.3 is 0 Å². The summed E-state index contributed by atoms with van der Waals surface area (Å²) in [7, 11) is 0. The normalized spacial score (nSPS) is 16.9. The topological polar surface area (TPSA) is 103 Å². The van der Waals surface area contributed by atoms with Crippen LogP contribution in [0.2, 0.25) is 0 Å². The Balaban J connectivity index is 1.94. The largest absolute Gasteiger partial charge is 0.489 e. The lowest BCUT2D eigenvalue weighted by atomic mass is 10.2. The molecule has 1 aliphatic rings. The smallest absolute Gasteiger partial charge is 0.243 e. The third kappa shape index (κ3) is 5.54. The highest BCUT2D eigenvalue weighted by Gasteiger charge is 2.17. The number of rotatable bonds is 7. The monoisotopic (exact) mass is 321 g/mol. The maximum absolute atomic E-state index is 11.9. The molecule has 1 aromatic carbocycles. The second kappa shape index (κ2) is 8.50. The van der Waals surface area contributed by atoms with Crippen molar-refractivity contribution in [3.63, 3.8) is 0 Å². The molecule has 23 heavy (non-hydrogen) atoms. The molecule has 1 atom stereocenters. The Hall–Kier alpha value is -2.12. The second-order valence-electron chi connectivity index (χ2n) is 5.47. The minimum absolute atomic E-state index is 0.0999. The number of nitrogens with one attached hydrogen (secondary N) is 2. The van der Waals surface area contributed by atoms with Crippen molar-refractivity contribution in [2.45, 2.75) is 25.9 Å². The van der Waals surface area contributed by atoms with Crippen molar-refractivity contribution in [2.75, 3.05) is 31.6 Å². The van der Waals surface area contributed by atoms with Gasteiger partial charge in [-0.1, -0.05) is 6.07 Å². The zero-order valence-electron chi connectivity index (χ0n) is 13.3. The summed E-state index contributed by atoms with van der Waals surface area (Å²) < 4.78 is 11.3. The maximum atomic E-state index is 11.9. The summed E-state index contributed by atoms with van der Waals surface area (Å²) in [6, 6.07) is 5.53. The fraction of sp³-hybridized carbons (Fsp3) is 0.500. The predicted octanol–water partition coefficient (Wildman–Crippen LogP) is 0.566. The highest BCUT2D eigenvalue weighted by Crippen LogP contribution is 2.26. The van der Waals surface area contributed by atoms with Gasteiger partial charge < -0.3 is 25.8 Å². The molecule has 7 heteroatoms. The Morgan fingerprint density at radius 2 is 2.22 bits per heavy atom. The average molecular weight is 321 g/mol. The predicted molar refractivity (Wildman–Crippen MR) is 86.3 cm³/mol. The van der Waals surface area contributed by atoms with Gasteiger partial charge in [-0.2, -0.15) is 0 Å². The van der Waals surface area contributed by atoms with Crippen molar-refractivity contribution >= 4 is 17.5 Å². The number of ether oxygens (including phenoxy) is 2. The fourth-order valence-electron chi connectivity index (χ4n) is 2.26. The summed E-state index contributed by atoms with van der Waals surface area (Å²) >= 11 is 0. The highest BCUT2D eigenvalue weighted by molar-refractivity contribution is 5.95. The minimum Gasteiger partial charge on any atom is -0.489 e. The number of aryl methyl sites for hydroxylation is 1. The first-order valence-electron chi connectivity index (χ1n) is 7.70. The Bertz CT molecular complexity index is 556. The van der Waals surface area contributed by atoms with Crippen molar-refractivity contribution in [3.8, 4) is 5.75 Å². The molecular weight excluding hydrogens is 298 g/mol. The molecule has 4 N–H and O–H groups in total. The van der Waals surface area contributed by atoms with Crippen LogP contribution >= 0.6 is 0 Å². The Morgan fingerprint density at radius 3 is 2.91 bits per heavy atom. The van der Waals surface area contributed by atoms with Crippen LogP contribution in [0.3, 0.4) is 0 Å². The summed E-state index contributed by atoms with van der Waals surface area (Å²) in [6.07, 6.45) is 2.13. The van der Waals surface area contributed by atoms with Crippen LogP contribution in [0.4, 0.5) is 5.69 Å². The first kappa shape index (κ1) is 17.2. The maximum Gasteiger partial charge on any atom is 0.243 e. The number of carbonyl (C=O) groups is 2. The molecule has 0 bridgehead atoms. The molecule has 0 spiro atoms. The molecule has 1 fully saturated rings. The molecule has 0 saturated carbocycles. The summed E-state index contributed by atoms with van der Waals surface area (Å²) in [4.78, 5) is 23.0. The fourth-order valence-corrected chi connectivity index (χ4v) is 2.26. The molecule has 1 saturated heterocycles. The number of nitrogens with two attached hydrogens (primary N) is 1. The molecule has 1 heterocycles. The summed E-state index contributed by atoms with van der Waals surface area (Å²) in [5.74, 6) is -0.115. The molecule has 1 unspecified atom stereocenters. The van der Waals surface area contributed by atoms with E-state index in [1.54, 1.807) is 6.07 Å². The van der Waals surface area contributed by atoms with Gasteiger partial charge in [0, 0.05) is 6.61 Å². The van der Waals surface area contributed by atoms with Gasteiger partial charge in [-0.25, -0.2) is 0 Å².